The quantitative estimate of drug-likeness (QED) is 0.468. The number of carbonyl (C=O) groups excluding carboxylic acids is 2. The Balaban J connectivity index is 1.51. The summed E-state index contributed by atoms with van der Waals surface area (Å²) in [6.07, 6.45) is 4.77. The van der Waals surface area contributed by atoms with Gasteiger partial charge in [0.05, 0.1) is 0 Å². The molecule has 4 rings (SSSR count). The first-order valence-corrected chi connectivity index (χ1v) is 12.3. The van der Waals surface area contributed by atoms with Crippen LogP contribution in [0.15, 0.2) is 72.8 Å². The summed E-state index contributed by atoms with van der Waals surface area (Å²) in [5, 5.41) is 0. The van der Waals surface area contributed by atoms with Gasteiger partial charge in [0, 0.05) is 32.1 Å². The molecule has 4 atom stereocenters. The van der Waals surface area contributed by atoms with E-state index < -0.39 is 5.60 Å². The van der Waals surface area contributed by atoms with Gasteiger partial charge in [-0.05, 0) is 50.2 Å². The van der Waals surface area contributed by atoms with Gasteiger partial charge < -0.3 is 19.3 Å². The fraction of sp³-hybridized carbons (Fsp3) is 0.448. The average molecular weight is 477 g/mol. The second kappa shape index (κ2) is 10.5. The molecule has 1 saturated carbocycles. The Morgan fingerprint density at radius 1 is 0.886 bits per heavy atom. The second-order valence-corrected chi connectivity index (χ2v) is 10.6. The Kier molecular flexibility index (Phi) is 7.48. The fourth-order valence-electron chi connectivity index (χ4n) is 5.24. The predicted octanol–water partition coefficient (Wildman–Crippen LogP) is 5.88. The summed E-state index contributed by atoms with van der Waals surface area (Å²) < 4.78 is 11.4. The Bertz CT molecular complexity index is 1030. The van der Waals surface area contributed by atoms with Crippen molar-refractivity contribution in [1.29, 1.82) is 0 Å². The third kappa shape index (κ3) is 6.24. The van der Waals surface area contributed by atoms with E-state index in [1.807, 2.05) is 88.5 Å². The standard InChI is InChI=1S/C29H36N2O4/c1-29(2,3)35-27(32)30(4)26-24-16-15-23(17-24)25(26)19-31(18-21-11-7-5-8-12-21)28(33)34-20-22-13-9-6-10-14-22/h5-16,23-26H,17-20H2,1-4H3/t23-,24+,25-,26+/m0/s1. The highest BCUT2D eigenvalue weighted by Gasteiger charge is 2.49. The number of amides is 2. The predicted molar refractivity (Wildman–Crippen MR) is 135 cm³/mol. The molecule has 2 aliphatic carbocycles. The largest absolute Gasteiger partial charge is 0.445 e. The molecule has 0 radical (unpaired) electrons. The van der Waals surface area contributed by atoms with Crippen LogP contribution in [0.1, 0.15) is 38.3 Å². The molecule has 0 unspecified atom stereocenters. The van der Waals surface area contributed by atoms with Gasteiger partial charge in [-0.15, -0.1) is 0 Å². The Morgan fingerprint density at radius 3 is 2.11 bits per heavy atom. The van der Waals surface area contributed by atoms with E-state index in [9.17, 15) is 9.59 Å². The van der Waals surface area contributed by atoms with E-state index in [1.165, 1.54) is 0 Å². The van der Waals surface area contributed by atoms with Gasteiger partial charge >= 0.3 is 12.2 Å². The minimum Gasteiger partial charge on any atom is -0.445 e. The maximum absolute atomic E-state index is 13.3. The van der Waals surface area contributed by atoms with Crippen LogP contribution in [0, 0.1) is 17.8 Å². The van der Waals surface area contributed by atoms with Crippen molar-refractivity contribution in [1.82, 2.24) is 9.80 Å². The summed E-state index contributed by atoms with van der Waals surface area (Å²) in [7, 11) is 1.82. The lowest BCUT2D eigenvalue weighted by molar-refractivity contribution is 0.0118. The number of nitrogens with zero attached hydrogens (tertiary/aromatic N) is 2. The molecule has 0 spiro atoms. The van der Waals surface area contributed by atoms with E-state index in [0.717, 1.165) is 17.5 Å². The van der Waals surface area contributed by atoms with Crippen LogP contribution in [0.5, 0.6) is 0 Å². The van der Waals surface area contributed by atoms with Crippen molar-refractivity contribution in [3.8, 4) is 0 Å². The van der Waals surface area contributed by atoms with Gasteiger partial charge in [0.25, 0.3) is 0 Å². The highest BCUT2D eigenvalue weighted by Crippen LogP contribution is 2.46. The topological polar surface area (TPSA) is 59.1 Å². The van der Waals surface area contributed by atoms with Crippen molar-refractivity contribution in [2.75, 3.05) is 13.6 Å². The summed E-state index contributed by atoms with van der Waals surface area (Å²) in [5.41, 5.74) is 1.43. The molecule has 0 aliphatic heterocycles. The number of ether oxygens (including phenoxy) is 2. The minimum atomic E-state index is -0.561. The lowest BCUT2D eigenvalue weighted by Gasteiger charge is -2.38. The van der Waals surface area contributed by atoms with Crippen LogP contribution in [0.25, 0.3) is 0 Å². The molecular weight excluding hydrogens is 440 g/mol. The summed E-state index contributed by atoms with van der Waals surface area (Å²) in [5.74, 6) is 0.687. The third-order valence-corrected chi connectivity index (χ3v) is 6.82. The third-order valence-electron chi connectivity index (χ3n) is 6.82. The summed E-state index contributed by atoms with van der Waals surface area (Å²) in [6.45, 7) is 6.81. The molecule has 6 nitrogen and oxygen atoms in total. The number of hydrogen-bond acceptors (Lipinski definition) is 4. The van der Waals surface area contributed by atoms with Gasteiger partial charge in [-0.2, -0.15) is 0 Å². The van der Waals surface area contributed by atoms with Crippen molar-refractivity contribution in [3.63, 3.8) is 0 Å². The second-order valence-electron chi connectivity index (χ2n) is 10.6. The molecule has 2 bridgehead atoms. The Hall–Kier alpha value is -3.28. The lowest BCUT2D eigenvalue weighted by atomic mass is 9.87. The lowest BCUT2D eigenvalue weighted by Crippen LogP contribution is -2.50. The SMILES string of the molecule is CN(C(=O)OC(C)(C)C)[C@H]1[C@@H](CN(Cc2ccccc2)C(=O)OCc2ccccc2)[C@H]2C=C[C@@H]1C2. The van der Waals surface area contributed by atoms with Gasteiger partial charge in [-0.1, -0.05) is 72.8 Å². The minimum absolute atomic E-state index is 0.0277. The smallest absolute Gasteiger partial charge is 0.410 e. The normalized spacial score (nSPS) is 22.6. The van der Waals surface area contributed by atoms with Gasteiger partial charge in [-0.3, -0.25) is 0 Å². The highest BCUT2D eigenvalue weighted by molar-refractivity contribution is 5.69. The molecular formula is C29H36N2O4. The molecule has 6 heteroatoms. The van der Waals surface area contributed by atoms with E-state index >= 15 is 0 Å². The number of benzene rings is 2. The Morgan fingerprint density at radius 2 is 1.49 bits per heavy atom. The van der Waals surface area contributed by atoms with Crippen molar-refractivity contribution in [2.24, 2.45) is 17.8 Å². The molecule has 35 heavy (non-hydrogen) atoms. The highest BCUT2D eigenvalue weighted by atomic mass is 16.6. The van der Waals surface area contributed by atoms with Crippen LogP contribution in [0.2, 0.25) is 0 Å². The molecule has 2 aromatic rings. The zero-order valence-electron chi connectivity index (χ0n) is 21.1. The molecule has 0 aromatic heterocycles. The first-order chi connectivity index (χ1) is 16.7. The van der Waals surface area contributed by atoms with Gasteiger partial charge in [0.1, 0.15) is 12.2 Å². The van der Waals surface area contributed by atoms with Crippen molar-refractivity contribution in [2.45, 2.75) is 52.0 Å². The van der Waals surface area contributed by atoms with E-state index in [2.05, 4.69) is 12.2 Å². The van der Waals surface area contributed by atoms with Crippen LogP contribution >= 0.6 is 0 Å². The van der Waals surface area contributed by atoms with Gasteiger partial charge in [0.2, 0.25) is 0 Å². The molecule has 0 saturated heterocycles. The molecule has 1 fully saturated rings. The molecule has 2 aliphatic rings. The monoisotopic (exact) mass is 476 g/mol. The van der Waals surface area contributed by atoms with Gasteiger partial charge in [-0.25, -0.2) is 9.59 Å². The summed E-state index contributed by atoms with van der Waals surface area (Å²) in [6, 6.07) is 19.6. The van der Waals surface area contributed by atoms with E-state index in [0.29, 0.717) is 19.0 Å². The maximum Gasteiger partial charge on any atom is 0.410 e. The van der Waals surface area contributed by atoms with E-state index in [1.54, 1.807) is 9.80 Å². The number of carbonyl (C=O) groups is 2. The van der Waals surface area contributed by atoms with Crippen LogP contribution in [-0.4, -0.2) is 47.2 Å². The molecule has 2 amide bonds. The van der Waals surface area contributed by atoms with E-state index in [4.69, 9.17) is 9.47 Å². The summed E-state index contributed by atoms with van der Waals surface area (Å²) >= 11 is 0. The average Bonchev–Trinajstić information content (AvgIpc) is 3.44. The maximum atomic E-state index is 13.3. The zero-order valence-corrected chi connectivity index (χ0v) is 21.1. The summed E-state index contributed by atoms with van der Waals surface area (Å²) in [4.78, 5) is 29.7. The van der Waals surface area contributed by atoms with Crippen molar-refractivity contribution in [3.05, 3.63) is 83.9 Å². The first kappa shape index (κ1) is 24.8. The van der Waals surface area contributed by atoms with Crippen molar-refractivity contribution >= 4 is 12.2 Å². The van der Waals surface area contributed by atoms with Crippen LogP contribution < -0.4 is 0 Å². The Labute approximate surface area is 208 Å². The van der Waals surface area contributed by atoms with Crippen molar-refractivity contribution < 1.29 is 19.1 Å². The zero-order chi connectivity index (χ0) is 25.0. The van der Waals surface area contributed by atoms with Gasteiger partial charge in [0.15, 0.2) is 0 Å². The van der Waals surface area contributed by atoms with E-state index in [-0.39, 0.29) is 36.7 Å². The number of hydrogen-bond donors (Lipinski definition) is 0. The molecule has 186 valence electrons. The first-order valence-electron chi connectivity index (χ1n) is 12.3. The number of allylic oxidation sites excluding steroid dienone is 1. The van der Waals surface area contributed by atoms with Crippen LogP contribution in [0.4, 0.5) is 9.59 Å². The molecule has 0 N–H and O–H groups in total. The molecule has 2 aromatic carbocycles. The molecule has 0 heterocycles. The number of rotatable bonds is 7. The van der Waals surface area contributed by atoms with Crippen LogP contribution in [0.3, 0.4) is 0 Å². The van der Waals surface area contributed by atoms with Crippen LogP contribution in [-0.2, 0) is 22.6 Å². The number of fused-ring (bicyclic) bond motifs is 2. The fourth-order valence-corrected chi connectivity index (χ4v) is 5.24.